The highest BCUT2D eigenvalue weighted by molar-refractivity contribution is 6.75. The lowest BCUT2D eigenvalue weighted by Crippen LogP contribution is -2.47. The first-order valence-electron chi connectivity index (χ1n) is 6.30. The fraction of sp³-hybridized carbons (Fsp3) is 0.667. The van der Waals surface area contributed by atoms with Gasteiger partial charge in [-0.25, -0.2) is 4.79 Å². The molecule has 0 aliphatic carbocycles. The molecule has 0 fully saturated rings. The van der Waals surface area contributed by atoms with Gasteiger partial charge >= 0.3 is 5.69 Å². The van der Waals surface area contributed by atoms with E-state index in [0.29, 0.717) is 6.17 Å². The number of aromatic nitrogens is 2. The number of hydrogen-bond acceptors (Lipinski definition) is 2. The first kappa shape index (κ1) is 15.2. The summed E-state index contributed by atoms with van der Waals surface area (Å²) >= 11 is 0. The largest absolute Gasteiger partial charge is 0.330 e. The Morgan fingerprint density at radius 2 is 1.44 bits per heavy atom. The molecule has 1 aromatic rings. The minimum atomic E-state index is -1.48. The smallest absolute Gasteiger partial charge is 0.303 e. The van der Waals surface area contributed by atoms with E-state index in [9.17, 15) is 9.59 Å². The molecule has 1 heterocycles. The highest BCUT2D eigenvalue weighted by atomic mass is 28.3. The van der Waals surface area contributed by atoms with Crippen LogP contribution in [0.25, 0.3) is 0 Å². The summed E-state index contributed by atoms with van der Waals surface area (Å²) < 4.78 is 3.11. The normalized spacial score (nSPS) is 12.8. The molecule has 0 saturated carbocycles. The molecule has 18 heavy (non-hydrogen) atoms. The summed E-state index contributed by atoms with van der Waals surface area (Å²) in [6.07, 6.45) is 3.00. The van der Waals surface area contributed by atoms with Gasteiger partial charge in [0.2, 0.25) is 0 Å². The number of rotatable bonds is 4. The third kappa shape index (κ3) is 4.41. The summed E-state index contributed by atoms with van der Waals surface area (Å²) in [6, 6.07) is 1.52. The van der Waals surface area contributed by atoms with E-state index in [4.69, 9.17) is 0 Å². The van der Waals surface area contributed by atoms with Gasteiger partial charge in [-0.2, -0.15) is 0 Å². The van der Waals surface area contributed by atoms with Gasteiger partial charge in [-0.3, -0.25) is 9.36 Å². The molecule has 1 rings (SSSR count). The Hall–Kier alpha value is -0.886. The van der Waals surface area contributed by atoms with Crippen LogP contribution in [0, 0.1) is 0 Å². The topological polar surface area (TPSA) is 44.0 Å². The Morgan fingerprint density at radius 3 is 1.89 bits per heavy atom. The van der Waals surface area contributed by atoms with Crippen LogP contribution >= 0.6 is 0 Å². The maximum atomic E-state index is 12.3. The summed E-state index contributed by atoms with van der Waals surface area (Å²) in [4.78, 5) is 24.1. The van der Waals surface area contributed by atoms with Crippen molar-refractivity contribution >= 4 is 16.1 Å². The summed E-state index contributed by atoms with van der Waals surface area (Å²) in [6.45, 7) is 13.1. The Balaban J connectivity index is 3.24. The second-order valence-corrected chi connectivity index (χ2v) is 18.1. The fourth-order valence-electron chi connectivity index (χ4n) is 1.81. The second-order valence-electron chi connectivity index (χ2n) is 7.27. The molecule has 102 valence electrons. The van der Waals surface area contributed by atoms with Crippen molar-refractivity contribution in [1.29, 1.82) is 0 Å². The zero-order valence-electron chi connectivity index (χ0n) is 12.3. The van der Waals surface area contributed by atoms with E-state index in [1.165, 1.54) is 10.6 Å². The lowest BCUT2D eigenvalue weighted by molar-refractivity contribution is 0.646. The number of nitrogens with zero attached hydrogens (tertiary/aromatic N) is 2. The quantitative estimate of drug-likeness (QED) is 0.791. The molecule has 0 unspecified atom stereocenters. The molecule has 0 aromatic carbocycles. The van der Waals surface area contributed by atoms with Crippen molar-refractivity contribution in [2.75, 3.05) is 0 Å². The third-order valence-corrected chi connectivity index (χ3v) is 4.97. The molecule has 0 aliphatic heterocycles. The Morgan fingerprint density at radius 1 is 0.944 bits per heavy atom. The molecule has 1 aromatic heterocycles. The molecule has 0 radical (unpaired) electrons. The van der Waals surface area contributed by atoms with Crippen molar-refractivity contribution < 1.29 is 0 Å². The van der Waals surface area contributed by atoms with Crippen molar-refractivity contribution in [2.24, 2.45) is 0 Å². The van der Waals surface area contributed by atoms with E-state index in [2.05, 4.69) is 39.3 Å². The monoisotopic (exact) mass is 284 g/mol. The molecule has 0 aliphatic rings. The van der Waals surface area contributed by atoms with Crippen LogP contribution in [0.15, 0.2) is 21.9 Å². The zero-order valence-corrected chi connectivity index (χ0v) is 14.3. The van der Waals surface area contributed by atoms with Crippen molar-refractivity contribution in [3.63, 3.8) is 0 Å². The highest BCUT2D eigenvalue weighted by Crippen LogP contribution is 2.04. The van der Waals surface area contributed by atoms with Crippen LogP contribution in [0.1, 0.15) is 0 Å². The molecule has 4 nitrogen and oxygen atoms in total. The average molecular weight is 285 g/mol. The van der Waals surface area contributed by atoms with Crippen molar-refractivity contribution in [3.05, 3.63) is 33.1 Å². The minimum absolute atomic E-state index is 0.146. The molecule has 0 atom stereocenters. The van der Waals surface area contributed by atoms with Gasteiger partial charge in [0, 0.05) is 24.6 Å². The van der Waals surface area contributed by atoms with E-state index in [-0.39, 0.29) is 11.2 Å². The lowest BCUT2D eigenvalue weighted by atomic mass is 10.6. The van der Waals surface area contributed by atoms with Crippen LogP contribution in [0.4, 0.5) is 0 Å². The summed E-state index contributed by atoms with van der Waals surface area (Å²) in [5, 5.41) is 0. The van der Waals surface area contributed by atoms with Gasteiger partial charge in [0.1, 0.15) is 0 Å². The maximum absolute atomic E-state index is 12.3. The molecular formula is C12H24N2O2Si2. The summed E-state index contributed by atoms with van der Waals surface area (Å²) in [5.41, 5.74) is -0.318. The summed E-state index contributed by atoms with van der Waals surface area (Å²) in [7, 11) is -2.85. The van der Waals surface area contributed by atoms with Gasteiger partial charge in [-0.1, -0.05) is 39.3 Å². The summed E-state index contributed by atoms with van der Waals surface area (Å²) in [5.74, 6) is 0. The number of hydrogen-bond donors (Lipinski definition) is 0. The van der Waals surface area contributed by atoms with E-state index in [0.717, 1.165) is 6.17 Å². The van der Waals surface area contributed by atoms with Gasteiger partial charge in [0.05, 0.1) is 16.1 Å². The van der Waals surface area contributed by atoms with Gasteiger partial charge < -0.3 is 4.57 Å². The zero-order chi connectivity index (χ0) is 14.1. The standard InChI is InChI=1S/C12H24N2O2Si2/c1-17(2,3)9-13-8-7-11(15)14(12(13)16)10-18(4,5)6/h7-8H,9-10H2,1-6H3. The van der Waals surface area contributed by atoms with Crippen molar-refractivity contribution in [2.45, 2.75) is 51.6 Å². The highest BCUT2D eigenvalue weighted by Gasteiger charge is 2.19. The molecule has 0 amide bonds. The first-order valence-corrected chi connectivity index (χ1v) is 13.7. The fourth-order valence-corrected chi connectivity index (χ4v) is 4.31. The van der Waals surface area contributed by atoms with Crippen LogP contribution < -0.4 is 11.2 Å². The van der Waals surface area contributed by atoms with Crippen LogP contribution in [-0.4, -0.2) is 25.3 Å². The van der Waals surface area contributed by atoms with Crippen LogP contribution in [-0.2, 0) is 12.3 Å². The minimum Gasteiger partial charge on any atom is -0.303 e. The SMILES string of the molecule is C[Si](C)(C)Cn1ccc(=O)n(C[Si](C)(C)C)c1=O. The van der Waals surface area contributed by atoms with Gasteiger partial charge in [0.25, 0.3) is 5.56 Å². The van der Waals surface area contributed by atoms with Gasteiger partial charge in [-0.15, -0.1) is 0 Å². The molecular weight excluding hydrogens is 260 g/mol. The predicted octanol–water partition coefficient (Wildman–Crippen LogP) is 1.76. The third-order valence-electron chi connectivity index (χ3n) is 2.42. The molecule has 0 bridgehead atoms. The van der Waals surface area contributed by atoms with E-state index >= 15 is 0 Å². The van der Waals surface area contributed by atoms with Gasteiger partial charge in [-0.05, 0) is 0 Å². The van der Waals surface area contributed by atoms with Crippen LogP contribution in [0.5, 0.6) is 0 Å². The van der Waals surface area contributed by atoms with Crippen molar-refractivity contribution in [1.82, 2.24) is 9.13 Å². The molecule has 0 N–H and O–H groups in total. The Bertz CT molecular complexity index is 533. The predicted molar refractivity (Wildman–Crippen MR) is 81.7 cm³/mol. The molecule has 0 saturated heterocycles. The Labute approximate surface area is 110 Å². The molecule has 6 heteroatoms. The average Bonchev–Trinajstić information content (AvgIpc) is 2.14. The van der Waals surface area contributed by atoms with Crippen LogP contribution in [0.3, 0.4) is 0 Å². The van der Waals surface area contributed by atoms with E-state index in [1.54, 1.807) is 10.8 Å². The second kappa shape index (κ2) is 5.01. The van der Waals surface area contributed by atoms with Crippen molar-refractivity contribution in [3.8, 4) is 0 Å². The first-order chi connectivity index (χ1) is 7.99. The van der Waals surface area contributed by atoms with E-state index < -0.39 is 16.1 Å². The Kier molecular flexibility index (Phi) is 4.22. The van der Waals surface area contributed by atoms with Gasteiger partial charge in [0.15, 0.2) is 0 Å². The lowest BCUT2D eigenvalue weighted by Gasteiger charge is -2.21. The maximum Gasteiger partial charge on any atom is 0.330 e. The van der Waals surface area contributed by atoms with E-state index in [1.807, 2.05) is 0 Å². The molecule has 0 spiro atoms. The van der Waals surface area contributed by atoms with Crippen LogP contribution in [0.2, 0.25) is 39.3 Å².